The molecule has 1 aromatic heterocycles. The summed E-state index contributed by atoms with van der Waals surface area (Å²) in [6.45, 7) is 1.70. The van der Waals surface area contributed by atoms with E-state index in [0.717, 1.165) is 6.07 Å². The Morgan fingerprint density at radius 3 is 2.88 bits per heavy atom. The van der Waals surface area contributed by atoms with Crippen LogP contribution < -0.4 is 5.32 Å². The normalized spacial score (nSPS) is 12.0. The molecule has 1 amide bonds. The van der Waals surface area contributed by atoms with Crippen molar-refractivity contribution >= 4 is 40.3 Å². The molecule has 0 aliphatic rings. The number of benzene rings is 2. The first-order valence-corrected chi connectivity index (χ1v) is 8.16. The molecule has 1 N–H and O–H groups in total. The SMILES string of the molecule is CCC(OC(=O)c1cccc2ocnc12)C(=O)Nc1ccc(F)c(Cl)c1. The number of nitrogens with zero attached hydrogens (tertiary/aromatic N) is 1. The number of rotatable bonds is 5. The van der Waals surface area contributed by atoms with Crippen molar-refractivity contribution < 1.29 is 23.1 Å². The van der Waals surface area contributed by atoms with Gasteiger partial charge in [-0.1, -0.05) is 24.6 Å². The molecule has 0 aliphatic heterocycles. The zero-order valence-corrected chi connectivity index (χ0v) is 14.4. The molecule has 2 aromatic carbocycles. The number of fused-ring (bicyclic) bond motifs is 1. The second-order valence-corrected chi connectivity index (χ2v) is 5.83. The zero-order valence-electron chi connectivity index (χ0n) is 13.7. The van der Waals surface area contributed by atoms with E-state index >= 15 is 0 Å². The topological polar surface area (TPSA) is 81.4 Å². The second-order valence-electron chi connectivity index (χ2n) is 5.43. The molecular weight excluding hydrogens is 363 g/mol. The van der Waals surface area contributed by atoms with Gasteiger partial charge in [0.2, 0.25) is 0 Å². The van der Waals surface area contributed by atoms with E-state index in [4.69, 9.17) is 20.8 Å². The minimum atomic E-state index is -1.03. The third-order valence-electron chi connectivity index (χ3n) is 3.68. The predicted molar refractivity (Wildman–Crippen MR) is 93.5 cm³/mol. The summed E-state index contributed by atoms with van der Waals surface area (Å²) >= 11 is 5.69. The van der Waals surface area contributed by atoms with Crippen LogP contribution in [0.15, 0.2) is 47.2 Å². The average Bonchev–Trinajstić information content (AvgIpc) is 3.11. The summed E-state index contributed by atoms with van der Waals surface area (Å²) in [6.07, 6.45) is 0.443. The highest BCUT2D eigenvalue weighted by molar-refractivity contribution is 6.31. The molecule has 1 heterocycles. The van der Waals surface area contributed by atoms with Gasteiger partial charge in [0.1, 0.15) is 11.3 Å². The molecule has 0 saturated heterocycles. The van der Waals surface area contributed by atoms with E-state index < -0.39 is 23.8 Å². The van der Waals surface area contributed by atoms with Gasteiger partial charge in [0.05, 0.1) is 10.6 Å². The number of oxazole rings is 1. The first kappa shape index (κ1) is 17.9. The van der Waals surface area contributed by atoms with Crippen LogP contribution in [0.2, 0.25) is 5.02 Å². The van der Waals surface area contributed by atoms with Crippen LogP contribution in [-0.4, -0.2) is 23.0 Å². The number of hydrogen-bond acceptors (Lipinski definition) is 5. The van der Waals surface area contributed by atoms with Gasteiger partial charge < -0.3 is 14.5 Å². The van der Waals surface area contributed by atoms with Crippen LogP contribution in [0.1, 0.15) is 23.7 Å². The minimum Gasteiger partial charge on any atom is -0.449 e. The molecule has 0 fully saturated rings. The average molecular weight is 377 g/mol. The molecule has 3 rings (SSSR count). The van der Waals surface area contributed by atoms with Gasteiger partial charge in [0.25, 0.3) is 5.91 Å². The van der Waals surface area contributed by atoms with Crippen molar-refractivity contribution in [1.82, 2.24) is 4.98 Å². The van der Waals surface area contributed by atoms with Gasteiger partial charge in [-0.2, -0.15) is 0 Å². The van der Waals surface area contributed by atoms with Crippen LogP contribution in [0.5, 0.6) is 0 Å². The molecule has 0 spiro atoms. The lowest BCUT2D eigenvalue weighted by Crippen LogP contribution is -2.32. The molecule has 6 nitrogen and oxygen atoms in total. The molecule has 8 heteroatoms. The molecule has 26 heavy (non-hydrogen) atoms. The van der Waals surface area contributed by atoms with Crippen LogP contribution >= 0.6 is 11.6 Å². The highest BCUT2D eigenvalue weighted by Crippen LogP contribution is 2.21. The molecule has 134 valence electrons. The lowest BCUT2D eigenvalue weighted by atomic mass is 10.2. The summed E-state index contributed by atoms with van der Waals surface area (Å²) in [5.74, 6) is -1.83. The van der Waals surface area contributed by atoms with Gasteiger partial charge in [0, 0.05) is 5.69 Å². The van der Waals surface area contributed by atoms with Crippen LogP contribution in [0.3, 0.4) is 0 Å². The molecule has 0 aliphatic carbocycles. The van der Waals surface area contributed by atoms with Crippen molar-refractivity contribution in [3.05, 3.63) is 59.2 Å². The fourth-order valence-corrected chi connectivity index (χ4v) is 2.54. The highest BCUT2D eigenvalue weighted by Gasteiger charge is 2.24. The maximum atomic E-state index is 13.2. The summed E-state index contributed by atoms with van der Waals surface area (Å²) in [6, 6.07) is 8.62. The lowest BCUT2D eigenvalue weighted by molar-refractivity contribution is -0.124. The van der Waals surface area contributed by atoms with E-state index in [1.54, 1.807) is 19.1 Å². The first-order chi connectivity index (χ1) is 12.5. The zero-order chi connectivity index (χ0) is 18.7. The standard InChI is InChI=1S/C18H14ClFN2O4/c1-2-14(17(23)22-10-6-7-13(20)12(19)8-10)26-18(24)11-4-3-5-15-16(11)21-9-25-15/h3-9,14H,2H2,1H3,(H,22,23). The molecular formula is C18H14ClFN2O4. The van der Waals surface area contributed by atoms with Gasteiger partial charge in [-0.3, -0.25) is 4.79 Å². The van der Waals surface area contributed by atoms with Gasteiger partial charge in [-0.15, -0.1) is 0 Å². The van der Waals surface area contributed by atoms with E-state index in [0.29, 0.717) is 16.8 Å². The number of amides is 1. The highest BCUT2D eigenvalue weighted by atomic mass is 35.5. The number of halogens is 2. The largest absolute Gasteiger partial charge is 0.449 e. The number of carbonyl (C=O) groups is 2. The summed E-state index contributed by atoms with van der Waals surface area (Å²) in [7, 11) is 0. The van der Waals surface area contributed by atoms with Crippen molar-refractivity contribution in [2.24, 2.45) is 0 Å². The number of ether oxygens (including phenoxy) is 1. The summed E-state index contributed by atoms with van der Waals surface area (Å²) in [4.78, 5) is 28.8. The van der Waals surface area contributed by atoms with Crippen molar-refractivity contribution in [3.8, 4) is 0 Å². The third kappa shape index (κ3) is 3.67. The van der Waals surface area contributed by atoms with Gasteiger partial charge in [-0.25, -0.2) is 14.2 Å². The van der Waals surface area contributed by atoms with E-state index in [9.17, 15) is 14.0 Å². The molecule has 0 saturated carbocycles. The second kappa shape index (κ2) is 7.53. The number of carbonyl (C=O) groups excluding carboxylic acids is 2. The van der Waals surface area contributed by atoms with Crippen LogP contribution in [0.4, 0.5) is 10.1 Å². The molecule has 3 aromatic rings. The fraction of sp³-hybridized carbons (Fsp3) is 0.167. The Bertz CT molecular complexity index is 973. The lowest BCUT2D eigenvalue weighted by Gasteiger charge is -2.16. The Kier molecular flexibility index (Phi) is 5.18. The quantitative estimate of drug-likeness (QED) is 0.675. The monoisotopic (exact) mass is 376 g/mol. The van der Waals surface area contributed by atoms with Crippen LogP contribution in [0.25, 0.3) is 11.1 Å². The van der Waals surface area contributed by atoms with E-state index in [1.807, 2.05) is 0 Å². The molecule has 1 unspecified atom stereocenters. The number of aromatic nitrogens is 1. The molecule has 0 radical (unpaired) electrons. The van der Waals surface area contributed by atoms with Crippen molar-refractivity contribution in [3.63, 3.8) is 0 Å². The van der Waals surface area contributed by atoms with Crippen molar-refractivity contribution in [1.29, 1.82) is 0 Å². The summed E-state index contributed by atoms with van der Waals surface area (Å²) in [5.41, 5.74) is 1.30. The third-order valence-corrected chi connectivity index (χ3v) is 3.97. The van der Waals surface area contributed by atoms with Gasteiger partial charge in [0.15, 0.2) is 18.1 Å². The number of nitrogens with one attached hydrogen (secondary N) is 1. The maximum Gasteiger partial charge on any atom is 0.341 e. The van der Waals surface area contributed by atoms with E-state index in [1.165, 1.54) is 24.6 Å². The molecule has 0 bridgehead atoms. The Balaban J connectivity index is 1.74. The molecule has 1 atom stereocenters. The predicted octanol–water partition coefficient (Wildman–Crippen LogP) is 4.19. The minimum absolute atomic E-state index is 0.120. The Hall–Kier alpha value is -2.93. The Morgan fingerprint density at radius 1 is 1.35 bits per heavy atom. The Labute approximate surface area is 152 Å². The summed E-state index contributed by atoms with van der Waals surface area (Å²) in [5, 5.41) is 2.43. The maximum absolute atomic E-state index is 13.2. The summed E-state index contributed by atoms with van der Waals surface area (Å²) < 4.78 is 23.7. The fourth-order valence-electron chi connectivity index (χ4n) is 2.36. The van der Waals surface area contributed by atoms with Crippen LogP contribution in [0, 0.1) is 5.82 Å². The number of esters is 1. The van der Waals surface area contributed by atoms with Gasteiger partial charge in [-0.05, 0) is 36.8 Å². The van der Waals surface area contributed by atoms with Crippen LogP contribution in [-0.2, 0) is 9.53 Å². The number of para-hydroxylation sites is 1. The van der Waals surface area contributed by atoms with Gasteiger partial charge >= 0.3 is 5.97 Å². The smallest absolute Gasteiger partial charge is 0.341 e. The van der Waals surface area contributed by atoms with E-state index in [2.05, 4.69) is 10.3 Å². The van der Waals surface area contributed by atoms with Crippen molar-refractivity contribution in [2.45, 2.75) is 19.4 Å². The Morgan fingerprint density at radius 2 is 2.15 bits per heavy atom. The first-order valence-electron chi connectivity index (χ1n) is 7.78. The number of hydrogen-bond donors (Lipinski definition) is 1. The number of anilines is 1. The van der Waals surface area contributed by atoms with Crippen molar-refractivity contribution in [2.75, 3.05) is 5.32 Å². The van der Waals surface area contributed by atoms with E-state index in [-0.39, 0.29) is 17.0 Å².